The maximum atomic E-state index is 13.0. The van der Waals surface area contributed by atoms with Crippen LogP contribution in [0, 0.1) is 0 Å². The molecule has 0 saturated heterocycles. The van der Waals surface area contributed by atoms with Gasteiger partial charge in [-0.25, -0.2) is 4.79 Å². The Bertz CT molecular complexity index is 728. The van der Waals surface area contributed by atoms with Crippen LogP contribution in [0.1, 0.15) is 66.0 Å². The molecule has 3 N–H and O–H groups in total. The Hall–Kier alpha value is -2.77. The molecule has 0 aliphatic heterocycles. The van der Waals surface area contributed by atoms with E-state index in [1.165, 1.54) is 17.0 Å². The summed E-state index contributed by atoms with van der Waals surface area (Å²) < 4.78 is 5.17. The highest BCUT2D eigenvalue weighted by Crippen LogP contribution is 2.26. The SMILES string of the molecule is CCCCNC(=O)C(c1cccc(O)c1)N(C(=O)CNC(=O)OC(C)(C)C)C(C)C. The quantitative estimate of drug-likeness (QED) is 0.531. The first kappa shape index (κ1) is 25.3. The smallest absolute Gasteiger partial charge is 0.408 e. The lowest BCUT2D eigenvalue weighted by molar-refractivity contribution is -0.142. The molecule has 0 saturated carbocycles. The molecule has 0 aliphatic rings. The Kier molecular flexibility index (Phi) is 9.62. The largest absolute Gasteiger partial charge is 0.508 e. The summed E-state index contributed by atoms with van der Waals surface area (Å²) in [5, 5.41) is 15.2. The fourth-order valence-electron chi connectivity index (χ4n) is 2.90. The van der Waals surface area contributed by atoms with Gasteiger partial charge in [0.15, 0.2) is 0 Å². The second kappa shape index (κ2) is 11.4. The third-order valence-corrected chi connectivity index (χ3v) is 4.17. The van der Waals surface area contributed by atoms with E-state index in [2.05, 4.69) is 10.6 Å². The number of nitrogens with zero attached hydrogens (tertiary/aromatic N) is 1. The Morgan fingerprint density at radius 2 is 1.83 bits per heavy atom. The van der Waals surface area contributed by atoms with E-state index < -0.39 is 23.6 Å². The van der Waals surface area contributed by atoms with Crippen molar-refractivity contribution in [1.29, 1.82) is 0 Å². The summed E-state index contributed by atoms with van der Waals surface area (Å²) in [6.45, 7) is 11.0. The van der Waals surface area contributed by atoms with Crippen molar-refractivity contribution < 1.29 is 24.2 Å². The first-order valence-corrected chi connectivity index (χ1v) is 10.3. The molecule has 1 rings (SSSR count). The van der Waals surface area contributed by atoms with Crippen LogP contribution in [0.15, 0.2) is 24.3 Å². The molecule has 30 heavy (non-hydrogen) atoms. The number of amides is 3. The van der Waals surface area contributed by atoms with Crippen LogP contribution in [0.25, 0.3) is 0 Å². The van der Waals surface area contributed by atoms with Gasteiger partial charge in [0.25, 0.3) is 0 Å². The summed E-state index contributed by atoms with van der Waals surface area (Å²) in [4.78, 5) is 39.4. The number of phenols is 1. The van der Waals surface area contributed by atoms with Gasteiger partial charge in [0, 0.05) is 12.6 Å². The fraction of sp³-hybridized carbons (Fsp3) is 0.591. The van der Waals surface area contributed by atoms with E-state index in [0.717, 1.165) is 12.8 Å². The number of nitrogens with one attached hydrogen (secondary N) is 2. The lowest BCUT2D eigenvalue weighted by Gasteiger charge is -2.34. The van der Waals surface area contributed by atoms with Gasteiger partial charge in [0.1, 0.15) is 23.9 Å². The highest BCUT2D eigenvalue weighted by atomic mass is 16.6. The molecular formula is C22H35N3O5. The Balaban J connectivity index is 3.10. The average Bonchev–Trinajstić information content (AvgIpc) is 2.62. The van der Waals surface area contributed by atoms with Crippen LogP contribution in [0.4, 0.5) is 4.79 Å². The van der Waals surface area contributed by atoms with E-state index in [1.54, 1.807) is 46.8 Å². The second-order valence-electron chi connectivity index (χ2n) is 8.39. The van der Waals surface area contributed by atoms with Gasteiger partial charge in [-0.05, 0) is 58.7 Å². The zero-order valence-corrected chi connectivity index (χ0v) is 18.8. The molecule has 0 aliphatic carbocycles. The third kappa shape index (κ3) is 8.31. The molecule has 8 nitrogen and oxygen atoms in total. The van der Waals surface area contributed by atoms with Crippen LogP contribution in [0.3, 0.4) is 0 Å². The lowest BCUT2D eigenvalue weighted by atomic mass is 10.0. The number of benzene rings is 1. The lowest BCUT2D eigenvalue weighted by Crippen LogP contribution is -2.50. The van der Waals surface area contributed by atoms with Gasteiger partial charge in [-0.3, -0.25) is 9.59 Å². The maximum Gasteiger partial charge on any atom is 0.408 e. The Morgan fingerprint density at radius 1 is 1.17 bits per heavy atom. The molecule has 1 aromatic carbocycles. The van der Waals surface area contributed by atoms with Crippen molar-refractivity contribution in [2.45, 2.75) is 72.1 Å². The molecule has 0 spiro atoms. The van der Waals surface area contributed by atoms with Crippen LogP contribution in [-0.4, -0.2) is 52.6 Å². The van der Waals surface area contributed by atoms with Crippen LogP contribution >= 0.6 is 0 Å². The maximum absolute atomic E-state index is 13.0. The molecule has 8 heteroatoms. The number of carbonyl (C=O) groups is 3. The van der Waals surface area contributed by atoms with Gasteiger partial charge >= 0.3 is 6.09 Å². The number of hydrogen-bond donors (Lipinski definition) is 3. The summed E-state index contributed by atoms with van der Waals surface area (Å²) in [5.74, 6) is -0.773. The molecule has 0 fully saturated rings. The number of alkyl carbamates (subject to hydrolysis) is 1. The number of unbranched alkanes of at least 4 members (excludes halogenated alkanes) is 1. The van der Waals surface area contributed by atoms with Gasteiger partial charge in [0.2, 0.25) is 11.8 Å². The zero-order chi connectivity index (χ0) is 22.9. The number of hydrogen-bond acceptors (Lipinski definition) is 5. The van der Waals surface area contributed by atoms with Crippen LogP contribution < -0.4 is 10.6 Å². The molecule has 168 valence electrons. The van der Waals surface area contributed by atoms with E-state index in [-0.39, 0.29) is 24.2 Å². The summed E-state index contributed by atoms with van der Waals surface area (Å²) in [5.41, 5.74) is -0.197. The summed E-state index contributed by atoms with van der Waals surface area (Å²) in [7, 11) is 0. The molecule has 0 bridgehead atoms. The van der Waals surface area contributed by atoms with Gasteiger partial charge in [0.05, 0.1) is 0 Å². The zero-order valence-electron chi connectivity index (χ0n) is 18.8. The van der Waals surface area contributed by atoms with Gasteiger partial charge in [-0.1, -0.05) is 25.5 Å². The topological polar surface area (TPSA) is 108 Å². The summed E-state index contributed by atoms with van der Waals surface area (Å²) in [6.07, 6.45) is 1.03. The number of phenolic OH excluding ortho intramolecular Hbond substituents is 1. The fourth-order valence-corrected chi connectivity index (χ4v) is 2.90. The van der Waals surface area contributed by atoms with Crippen LogP contribution in [0.2, 0.25) is 0 Å². The second-order valence-corrected chi connectivity index (χ2v) is 8.39. The predicted octanol–water partition coefficient (Wildman–Crippen LogP) is 3.11. The van der Waals surface area contributed by atoms with Gasteiger partial charge in [-0.15, -0.1) is 0 Å². The van der Waals surface area contributed by atoms with Crippen molar-refractivity contribution in [2.75, 3.05) is 13.1 Å². The molecule has 3 amide bonds. The van der Waals surface area contributed by atoms with Crippen molar-refractivity contribution in [3.8, 4) is 5.75 Å². The number of ether oxygens (including phenoxy) is 1. The minimum Gasteiger partial charge on any atom is -0.508 e. The standard InChI is InChI=1S/C22H35N3O5/c1-7-8-12-23-20(28)19(16-10-9-11-17(26)13-16)25(15(2)3)18(27)14-24-21(29)30-22(4,5)6/h9-11,13,15,19,26H,7-8,12,14H2,1-6H3,(H,23,28)(H,24,29). The van der Waals surface area contributed by atoms with E-state index in [1.807, 2.05) is 6.92 Å². The van der Waals surface area contributed by atoms with Crippen molar-refractivity contribution in [2.24, 2.45) is 0 Å². The minimum atomic E-state index is -0.943. The van der Waals surface area contributed by atoms with Crippen molar-refractivity contribution >= 4 is 17.9 Å². The van der Waals surface area contributed by atoms with E-state index in [4.69, 9.17) is 4.74 Å². The van der Waals surface area contributed by atoms with Crippen molar-refractivity contribution in [1.82, 2.24) is 15.5 Å². The number of aromatic hydroxyl groups is 1. The monoisotopic (exact) mass is 421 g/mol. The highest BCUT2D eigenvalue weighted by Gasteiger charge is 2.33. The highest BCUT2D eigenvalue weighted by molar-refractivity contribution is 5.90. The normalized spacial score (nSPS) is 12.2. The molecular weight excluding hydrogens is 386 g/mol. The predicted molar refractivity (Wildman–Crippen MR) is 115 cm³/mol. The molecule has 0 heterocycles. The molecule has 1 unspecified atom stereocenters. The van der Waals surface area contributed by atoms with Crippen molar-refractivity contribution in [3.05, 3.63) is 29.8 Å². The van der Waals surface area contributed by atoms with Crippen molar-refractivity contribution in [3.63, 3.8) is 0 Å². The van der Waals surface area contributed by atoms with Gasteiger partial charge < -0.3 is 25.4 Å². The van der Waals surface area contributed by atoms with E-state index in [9.17, 15) is 19.5 Å². The molecule has 1 aromatic rings. The minimum absolute atomic E-state index is 0.00175. The number of rotatable bonds is 9. The Labute approximate surface area is 179 Å². The van der Waals surface area contributed by atoms with Crippen LogP contribution in [0.5, 0.6) is 5.75 Å². The van der Waals surface area contributed by atoms with E-state index >= 15 is 0 Å². The molecule has 0 aromatic heterocycles. The average molecular weight is 422 g/mol. The summed E-state index contributed by atoms with van der Waals surface area (Å²) >= 11 is 0. The van der Waals surface area contributed by atoms with Gasteiger partial charge in [-0.2, -0.15) is 0 Å². The third-order valence-electron chi connectivity index (χ3n) is 4.17. The van der Waals surface area contributed by atoms with E-state index in [0.29, 0.717) is 12.1 Å². The molecule has 0 radical (unpaired) electrons. The number of carbonyl (C=O) groups excluding carboxylic acids is 3. The van der Waals surface area contributed by atoms with Crippen LogP contribution in [-0.2, 0) is 14.3 Å². The first-order valence-electron chi connectivity index (χ1n) is 10.3. The first-order chi connectivity index (χ1) is 14.0. The molecule has 1 atom stereocenters. The summed E-state index contributed by atoms with van der Waals surface area (Å²) in [6, 6.07) is 5.01. The Morgan fingerprint density at radius 3 is 2.37 bits per heavy atom.